The fraction of sp³-hybridized carbons (Fsp3) is 0.133. The molecule has 0 atom stereocenters. The molecule has 0 bridgehead atoms. The summed E-state index contributed by atoms with van der Waals surface area (Å²) in [4.78, 5) is 12.0. The fourth-order valence-electron chi connectivity index (χ4n) is 1.45. The van der Waals surface area contributed by atoms with E-state index < -0.39 is 0 Å². The van der Waals surface area contributed by atoms with E-state index in [4.69, 9.17) is 9.15 Å². The molecule has 0 aliphatic rings. The second kappa shape index (κ2) is 6.98. The number of hydrogen-bond donors (Lipinski definition) is 0. The van der Waals surface area contributed by atoms with Crippen molar-refractivity contribution in [1.29, 1.82) is 0 Å². The van der Waals surface area contributed by atoms with Crippen LogP contribution in [0.4, 0.5) is 0 Å². The van der Waals surface area contributed by atoms with Crippen molar-refractivity contribution in [2.24, 2.45) is 0 Å². The van der Waals surface area contributed by atoms with Gasteiger partial charge in [-0.3, -0.25) is 0 Å². The Morgan fingerprint density at radius 1 is 1.26 bits per heavy atom. The van der Waals surface area contributed by atoms with Crippen molar-refractivity contribution >= 4 is 31.5 Å². The Morgan fingerprint density at radius 2 is 2.05 bits per heavy atom. The molecule has 0 N–H and O–H groups in total. The van der Waals surface area contributed by atoms with Gasteiger partial charge < -0.3 is 0 Å². The van der Waals surface area contributed by atoms with E-state index in [2.05, 4.69) is 0 Å². The van der Waals surface area contributed by atoms with Gasteiger partial charge in [-0.25, -0.2) is 0 Å². The first-order valence-electron chi connectivity index (χ1n) is 5.95. The summed E-state index contributed by atoms with van der Waals surface area (Å²) in [6.45, 7) is 2.18. The molecule has 0 fully saturated rings. The number of esters is 1. The van der Waals surface area contributed by atoms with Crippen LogP contribution in [0.1, 0.15) is 12.7 Å². The van der Waals surface area contributed by atoms with Gasteiger partial charge in [0.1, 0.15) is 0 Å². The summed E-state index contributed by atoms with van der Waals surface area (Å²) in [5, 5.41) is 0. The first-order valence-corrected chi connectivity index (χ1v) is 7.66. The molecule has 4 heteroatoms. The van der Waals surface area contributed by atoms with Gasteiger partial charge in [-0.1, -0.05) is 0 Å². The van der Waals surface area contributed by atoms with Crippen molar-refractivity contribution < 1.29 is 13.9 Å². The zero-order valence-corrected chi connectivity index (χ0v) is 12.2. The topological polar surface area (TPSA) is 39.4 Å². The molecule has 1 aromatic carbocycles. The predicted octanol–water partition coefficient (Wildman–Crippen LogP) is 2.21. The molecule has 98 valence electrons. The van der Waals surface area contributed by atoms with Gasteiger partial charge in [0.05, 0.1) is 0 Å². The molecule has 0 unspecified atom stereocenters. The summed E-state index contributed by atoms with van der Waals surface area (Å²) >= 11 is -0.0969. The molecule has 1 heterocycles. The molecular weight excluding hydrogens is 307 g/mol. The quantitative estimate of drug-likeness (QED) is 0.482. The molecule has 0 radical (unpaired) electrons. The van der Waals surface area contributed by atoms with Crippen molar-refractivity contribution in [1.82, 2.24) is 0 Å². The summed E-state index contributed by atoms with van der Waals surface area (Å²) < 4.78 is 12.1. The standard InChI is InChI=1S/C15H14O3Se/c1-2-17-15(16)14(11-12-7-6-10-18-12)19-13-8-4-3-5-9-13/h3-11H,2H2,1H3/b14-11-. The third kappa shape index (κ3) is 4.12. The van der Waals surface area contributed by atoms with Crippen LogP contribution in [0.5, 0.6) is 0 Å². The second-order valence-corrected chi connectivity index (χ2v) is 6.00. The minimum absolute atomic E-state index is 0.0969. The van der Waals surface area contributed by atoms with E-state index in [1.54, 1.807) is 25.3 Å². The van der Waals surface area contributed by atoms with E-state index in [1.807, 2.05) is 36.4 Å². The van der Waals surface area contributed by atoms with Crippen molar-refractivity contribution in [3.8, 4) is 0 Å². The number of furan rings is 1. The van der Waals surface area contributed by atoms with E-state index in [0.29, 0.717) is 16.8 Å². The Bertz CT molecular complexity index is 544. The van der Waals surface area contributed by atoms with Crippen LogP contribution in [0.15, 0.2) is 57.6 Å². The number of carbonyl (C=O) groups is 1. The molecule has 19 heavy (non-hydrogen) atoms. The molecule has 3 nitrogen and oxygen atoms in total. The van der Waals surface area contributed by atoms with Gasteiger partial charge >= 0.3 is 118 Å². The maximum atomic E-state index is 12.0. The first kappa shape index (κ1) is 13.7. The Kier molecular flexibility index (Phi) is 5.01. The normalized spacial score (nSPS) is 11.3. The van der Waals surface area contributed by atoms with Crippen LogP contribution in [0.3, 0.4) is 0 Å². The Balaban J connectivity index is 2.22. The van der Waals surface area contributed by atoms with E-state index in [-0.39, 0.29) is 20.9 Å². The fourth-order valence-corrected chi connectivity index (χ4v) is 3.26. The zero-order chi connectivity index (χ0) is 13.5. The molecule has 0 saturated carbocycles. The van der Waals surface area contributed by atoms with E-state index in [9.17, 15) is 4.79 Å². The molecule has 2 aromatic rings. The summed E-state index contributed by atoms with van der Waals surface area (Å²) in [6, 6.07) is 13.5. The average molecular weight is 321 g/mol. The molecular formula is C15H14O3Se. The van der Waals surface area contributed by atoms with Crippen LogP contribution in [-0.2, 0) is 9.53 Å². The first-order chi connectivity index (χ1) is 9.29. The summed E-state index contributed by atoms with van der Waals surface area (Å²) in [5.74, 6) is 0.392. The van der Waals surface area contributed by atoms with Crippen LogP contribution in [0, 0.1) is 0 Å². The van der Waals surface area contributed by atoms with Gasteiger partial charge in [0.2, 0.25) is 0 Å². The number of ether oxygens (including phenoxy) is 1. The molecule has 0 aliphatic carbocycles. The molecule has 0 spiro atoms. The van der Waals surface area contributed by atoms with Gasteiger partial charge in [0.15, 0.2) is 0 Å². The molecule has 0 amide bonds. The maximum absolute atomic E-state index is 12.0. The van der Waals surface area contributed by atoms with Crippen LogP contribution in [0.25, 0.3) is 6.08 Å². The van der Waals surface area contributed by atoms with Crippen LogP contribution < -0.4 is 4.46 Å². The van der Waals surface area contributed by atoms with Gasteiger partial charge in [-0.2, -0.15) is 0 Å². The predicted molar refractivity (Wildman–Crippen MR) is 75.1 cm³/mol. The molecule has 0 aliphatic heterocycles. The Morgan fingerprint density at radius 3 is 2.68 bits per heavy atom. The molecule has 0 saturated heterocycles. The SMILES string of the molecule is CCOC(=O)/C(=C/c1ccco1)[Se]c1ccccc1. The number of carbonyl (C=O) groups excluding carboxylic acids is 1. The number of rotatable bonds is 5. The van der Waals surface area contributed by atoms with Crippen LogP contribution in [-0.4, -0.2) is 27.5 Å². The van der Waals surface area contributed by atoms with Crippen LogP contribution >= 0.6 is 0 Å². The Hall–Kier alpha value is -1.77. The third-order valence-corrected chi connectivity index (χ3v) is 4.39. The Labute approximate surface area is 118 Å². The zero-order valence-electron chi connectivity index (χ0n) is 10.5. The average Bonchev–Trinajstić information content (AvgIpc) is 2.92. The van der Waals surface area contributed by atoms with E-state index in [1.165, 1.54) is 0 Å². The third-order valence-electron chi connectivity index (χ3n) is 2.26. The monoisotopic (exact) mass is 322 g/mol. The van der Waals surface area contributed by atoms with E-state index in [0.717, 1.165) is 4.46 Å². The van der Waals surface area contributed by atoms with Crippen molar-refractivity contribution in [2.75, 3.05) is 6.61 Å². The minimum atomic E-state index is -0.275. The van der Waals surface area contributed by atoms with Gasteiger partial charge in [-0.05, 0) is 0 Å². The second-order valence-electron chi connectivity index (χ2n) is 3.66. The molecule has 1 aromatic heterocycles. The van der Waals surface area contributed by atoms with Crippen LogP contribution in [0.2, 0.25) is 0 Å². The van der Waals surface area contributed by atoms with Gasteiger partial charge in [-0.15, -0.1) is 0 Å². The summed E-state index contributed by atoms with van der Waals surface area (Å²) in [7, 11) is 0. The summed E-state index contributed by atoms with van der Waals surface area (Å²) in [6.07, 6.45) is 3.34. The van der Waals surface area contributed by atoms with Gasteiger partial charge in [0.25, 0.3) is 0 Å². The number of benzene rings is 1. The molecule has 2 rings (SSSR count). The number of hydrogen-bond acceptors (Lipinski definition) is 3. The van der Waals surface area contributed by atoms with Crippen molar-refractivity contribution in [3.05, 3.63) is 59.0 Å². The summed E-state index contributed by atoms with van der Waals surface area (Å²) in [5.41, 5.74) is 0. The van der Waals surface area contributed by atoms with Crippen molar-refractivity contribution in [3.63, 3.8) is 0 Å². The van der Waals surface area contributed by atoms with Gasteiger partial charge in [0, 0.05) is 0 Å². The van der Waals surface area contributed by atoms with E-state index >= 15 is 0 Å². The van der Waals surface area contributed by atoms with Crippen molar-refractivity contribution in [2.45, 2.75) is 6.92 Å².